The fourth-order valence-electron chi connectivity index (χ4n) is 2.93. The van der Waals surface area contributed by atoms with Gasteiger partial charge in [0.2, 0.25) is 5.28 Å². The van der Waals surface area contributed by atoms with Crippen LogP contribution >= 0.6 is 11.6 Å². The maximum Gasteiger partial charge on any atom is 0.224 e. The van der Waals surface area contributed by atoms with E-state index < -0.39 is 0 Å². The Morgan fingerprint density at radius 1 is 1.23 bits per heavy atom. The normalized spacial score (nSPS) is 14.1. The number of nitrogens with zero attached hydrogens (tertiary/aromatic N) is 3. The Morgan fingerprint density at radius 2 is 2.05 bits per heavy atom. The van der Waals surface area contributed by atoms with E-state index in [4.69, 9.17) is 16.3 Å². The van der Waals surface area contributed by atoms with Gasteiger partial charge in [0.1, 0.15) is 5.82 Å². The molecule has 0 spiro atoms. The Morgan fingerprint density at radius 3 is 2.82 bits per heavy atom. The molecule has 1 aromatic carbocycles. The van der Waals surface area contributed by atoms with Crippen LogP contribution in [0.25, 0.3) is 0 Å². The van der Waals surface area contributed by atoms with Crippen LogP contribution in [-0.2, 0) is 24.3 Å². The smallest absolute Gasteiger partial charge is 0.224 e. The molecule has 0 saturated carbocycles. The van der Waals surface area contributed by atoms with Crippen LogP contribution in [0.5, 0.6) is 0 Å². The van der Waals surface area contributed by atoms with Crippen LogP contribution in [0.4, 0.5) is 5.82 Å². The van der Waals surface area contributed by atoms with Gasteiger partial charge in [-0.2, -0.15) is 0 Å². The lowest BCUT2D eigenvalue weighted by atomic mass is 9.97. The molecule has 2 aromatic rings. The van der Waals surface area contributed by atoms with Gasteiger partial charge in [0.25, 0.3) is 0 Å². The SMILES string of the molecule is COCc1ccc2c(c1)CCN(c1nc(Cl)nc(C)c1C)C2. The zero-order chi connectivity index (χ0) is 15.7. The van der Waals surface area contributed by atoms with E-state index in [0.29, 0.717) is 11.9 Å². The average molecular weight is 318 g/mol. The van der Waals surface area contributed by atoms with E-state index in [1.807, 2.05) is 6.92 Å². The van der Waals surface area contributed by atoms with Gasteiger partial charge in [0.05, 0.1) is 6.61 Å². The third-order valence-electron chi connectivity index (χ3n) is 4.23. The molecule has 22 heavy (non-hydrogen) atoms. The zero-order valence-electron chi connectivity index (χ0n) is 13.2. The van der Waals surface area contributed by atoms with E-state index in [2.05, 4.69) is 40.0 Å². The summed E-state index contributed by atoms with van der Waals surface area (Å²) in [5.74, 6) is 0.948. The third kappa shape index (κ3) is 2.94. The Balaban J connectivity index is 1.89. The maximum atomic E-state index is 6.03. The molecule has 0 atom stereocenters. The predicted molar refractivity (Wildman–Crippen MR) is 88.4 cm³/mol. The number of anilines is 1. The minimum Gasteiger partial charge on any atom is -0.380 e. The number of aromatic nitrogens is 2. The van der Waals surface area contributed by atoms with Crippen molar-refractivity contribution in [2.45, 2.75) is 33.4 Å². The number of rotatable bonds is 3. The highest BCUT2D eigenvalue weighted by Crippen LogP contribution is 2.28. The molecule has 1 aliphatic rings. The minimum absolute atomic E-state index is 0.319. The fraction of sp³-hybridized carbons (Fsp3) is 0.412. The Labute approximate surface area is 136 Å². The summed E-state index contributed by atoms with van der Waals surface area (Å²) in [5.41, 5.74) is 6.02. The topological polar surface area (TPSA) is 38.2 Å². The number of methoxy groups -OCH3 is 1. The van der Waals surface area contributed by atoms with Gasteiger partial charge in [0, 0.05) is 31.5 Å². The number of hydrogen-bond donors (Lipinski definition) is 0. The second kappa shape index (κ2) is 6.23. The van der Waals surface area contributed by atoms with Crippen molar-refractivity contribution < 1.29 is 4.74 Å². The summed E-state index contributed by atoms with van der Waals surface area (Å²) in [6.45, 7) is 6.49. The van der Waals surface area contributed by atoms with Crippen molar-refractivity contribution in [2.24, 2.45) is 0 Å². The molecule has 0 bridgehead atoms. The monoisotopic (exact) mass is 317 g/mol. The molecule has 5 heteroatoms. The number of halogens is 1. The van der Waals surface area contributed by atoms with E-state index in [1.54, 1.807) is 7.11 Å². The summed E-state index contributed by atoms with van der Waals surface area (Å²) in [4.78, 5) is 10.9. The van der Waals surface area contributed by atoms with Gasteiger partial charge in [-0.05, 0) is 48.6 Å². The van der Waals surface area contributed by atoms with Crippen LogP contribution in [-0.4, -0.2) is 23.6 Å². The highest BCUT2D eigenvalue weighted by atomic mass is 35.5. The second-order valence-electron chi connectivity index (χ2n) is 5.73. The molecule has 0 aliphatic carbocycles. The van der Waals surface area contributed by atoms with Gasteiger partial charge in [-0.15, -0.1) is 0 Å². The van der Waals surface area contributed by atoms with E-state index in [0.717, 1.165) is 36.6 Å². The molecule has 1 aliphatic heterocycles. The predicted octanol–water partition coefficient (Wildman–Crippen LogP) is 3.46. The molecule has 4 nitrogen and oxygen atoms in total. The number of aryl methyl sites for hydroxylation is 1. The highest BCUT2D eigenvalue weighted by molar-refractivity contribution is 6.28. The lowest BCUT2D eigenvalue weighted by Crippen LogP contribution is -2.32. The number of hydrogen-bond acceptors (Lipinski definition) is 4. The Hall–Kier alpha value is -1.65. The second-order valence-corrected chi connectivity index (χ2v) is 6.07. The van der Waals surface area contributed by atoms with Crippen LogP contribution in [0.1, 0.15) is 27.9 Å². The van der Waals surface area contributed by atoms with Gasteiger partial charge >= 0.3 is 0 Å². The molecule has 0 amide bonds. The standard InChI is InChI=1S/C17H20ClN3O/c1-11-12(2)19-17(18)20-16(11)21-7-6-14-8-13(10-22-3)4-5-15(14)9-21/h4-5,8H,6-7,9-10H2,1-3H3. The van der Waals surface area contributed by atoms with Crippen molar-refractivity contribution in [2.75, 3.05) is 18.6 Å². The van der Waals surface area contributed by atoms with Gasteiger partial charge in [-0.25, -0.2) is 9.97 Å². The molecular weight excluding hydrogens is 298 g/mol. The highest BCUT2D eigenvalue weighted by Gasteiger charge is 2.20. The van der Waals surface area contributed by atoms with Crippen molar-refractivity contribution in [3.8, 4) is 0 Å². The maximum absolute atomic E-state index is 6.03. The van der Waals surface area contributed by atoms with Gasteiger partial charge in [-0.3, -0.25) is 0 Å². The van der Waals surface area contributed by atoms with Crippen molar-refractivity contribution in [3.05, 3.63) is 51.4 Å². The summed E-state index contributed by atoms with van der Waals surface area (Å²) in [5, 5.41) is 0.319. The first-order chi connectivity index (χ1) is 10.6. The molecule has 2 heterocycles. The lowest BCUT2D eigenvalue weighted by Gasteiger charge is -2.31. The number of benzene rings is 1. The van der Waals surface area contributed by atoms with Gasteiger partial charge < -0.3 is 9.64 Å². The van der Waals surface area contributed by atoms with Crippen LogP contribution in [0, 0.1) is 13.8 Å². The molecule has 1 aromatic heterocycles. The fourth-order valence-corrected chi connectivity index (χ4v) is 3.14. The number of ether oxygens (including phenoxy) is 1. The molecule has 0 unspecified atom stereocenters. The van der Waals surface area contributed by atoms with Crippen LogP contribution in [0.15, 0.2) is 18.2 Å². The van der Waals surface area contributed by atoms with Crippen LogP contribution in [0.3, 0.4) is 0 Å². The first-order valence-corrected chi connectivity index (χ1v) is 7.81. The van der Waals surface area contributed by atoms with Crippen molar-refractivity contribution in [3.63, 3.8) is 0 Å². The Kier molecular flexibility index (Phi) is 4.32. The summed E-state index contributed by atoms with van der Waals surface area (Å²) >= 11 is 6.03. The zero-order valence-corrected chi connectivity index (χ0v) is 13.9. The molecule has 0 saturated heterocycles. The summed E-state index contributed by atoms with van der Waals surface area (Å²) < 4.78 is 5.21. The first kappa shape index (κ1) is 15.3. The summed E-state index contributed by atoms with van der Waals surface area (Å²) in [7, 11) is 1.73. The largest absolute Gasteiger partial charge is 0.380 e. The van der Waals surface area contributed by atoms with E-state index in [-0.39, 0.29) is 0 Å². The van der Waals surface area contributed by atoms with Crippen LogP contribution in [0.2, 0.25) is 5.28 Å². The quantitative estimate of drug-likeness (QED) is 0.813. The van der Waals surface area contributed by atoms with Crippen molar-refractivity contribution in [1.29, 1.82) is 0 Å². The molecule has 0 radical (unpaired) electrons. The first-order valence-electron chi connectivity index (χ1n) is 7.44. The lowest BCUT2D eigenvalue weighted by molar-refractivity contribution is 0.185. The Bertz CT molecular complexity index is 703. The molecular formula is C17H20ClN3O. The number of fused-ring (bicyclic) bond motifs is 1. The van der Waals surface area contributed by atoms with Crippen molar-refractivity contribution >= 4 is 17.4 Å². The molecule has 3 rings (SSSR count). The summed E-state index contributed by atoms with van der Waals surface area (Å²) in [6.07, 6.45) is 1.01. The van der Waals surface area contributed by atoms with E-state index in [9.17, 15) is 0 Å². The third-order valence-corrected chi connectivity index (χ3v) is 4.40. The van der Waals surface area contributed by atoms with Gasteiger partial charge in [-0.1, -0.05) is 18.2 Å². The molecule has 116 valence electrons. The molecule has 0 N–H and O–H groups in total. The van der Waals surface area contributed by atoms with E-state index >= 15 is 0 Å². The van der Waals surface area contributed by atoms with Crippen molar-refractivity contribution in [1.82, 2.24) is 9.97 Å². The van der Waals surface area contributed by atoms with Crippen LogP contribution < -0.4 is 4.90 Å². The van der Waals surface area contributed by atoms with E-state index in [1.165, 1.54) is 16.7 Å². The summed E-state index contributed by atoms with van der Waals surface area (Å²) in [6, 6.07) is 6.58. The average Bonchev–Trinajstić information content (AvgIpc) is 2.50. The van der Waals surface area contributed by atoms with Gasteiger partial charge in [0.15, 0.2) is 0 Å². The minimum atomic E-state index is 0.319. The molecule has 0 fully saturated rings.